The van der Waals surface area contributed by atoms with Crippen molar-refractivity contribution in [2.75, 3.05) is 18.4 Å². The zero-order chi connectivity index (χ0) is 16.8. The average Bonchev–Trinajstić information content (AvgIpc) is 2.67. The van der Waals surface area contributed by atoms with E-state index in [1.807, 2.05) is 47.5 Å². The van der Waals surface area contributed by atoms with E-state index in [9.17, 15) is 4.79 Å². The van der Waals surface area contributed by atoms with Crippen molar-refractivity contribution in [2.24, 2.45) is 0 Å². The number of benzene rings is 1. The Bertz CT molecular complexity index is 672. The fraction of sp³-hybridized carbons (Fsp3) is 0.400. The summed E-state index contributed by atoms with van der Waals surface area (Å²) in [6, 6.07) is 13.7. The van der Waals surface area contributed by atoms with E-state index >= 15 is 0 Å². The molecule has 0 bridgehead atoms. The van der Waals surface area contributed by atoms with Gasteiger partial charge in [0.05, 0.1) is 6.04 Å². The number of carbonyl (C=O) groups excluding carboxylic acids is 1. The Kier molecular flexibility index (Phi) is 5.47. The summed E-state index contributed by atoms with van der Waals surface area (Å²) in [5.74, 6) is 1.03. The molecule has 4 nitrogen and oxygen atoms in total. The maximum atomic E-state index is 13.0. The number of pyridine rings is 1. The Labute approximate surface area is 143 Å². The van der Waals surface area contributed by atoms with Crippen molar-refractivity contribution in [1.29, 1.82) is 0 Å². The highest BCUT2D eigenvalue weighted by molar-refractivity contribution is 5.94. The third-order valence-corrected chi connectivity index (χ3v) is 4.52. The van der Waals surface area contributed by atoms with E-state index < -0.39 is 0 Å². The lowest BCUT2D eigenvalue weighted by Crippen LogP contribution is -2.38. The molecule has 1 N–H and O–H groups in total. The van der Waals surface area contributed by atoms with Gasteiger partial charge >= 0.3 is 0 Å². The molecule has 2 heterocycles. The molecule has 1 aromatic heterocycles. The lowest BCUT2D eigenvalue weighted by Gasteiger charge is -2.36. The van der Waals surface area contributed by atoms with Crippen molar-refractivity contribution in [3.05, 3.63) is 59.8 Å². The van der Waals surface area contributed by atoms with Crippen LogP contribution < -0.4 is 5.32 Å². The summed E-state index contributed by atoms with van der Waals surface area (Å²) in [5, 5.41) is 3.41. The maximum absolute atomic E-state index is 13.0. The molecule has 0 spiro atoms. The zero-order valence-electron chi connectivity index (χ0n) is 14.2. The van der Waals surface area contributed by atoms with Crippen molar-refractivity contribution >= 4 is 11.7 Å². The number of nitrogens with zero attached hydrogens (tertiary/aromatic N) is 2. The van der Waals surface area contributed by atoms with Crippen LogP contribution in [0.3, 0.4) is 0 Å². The fourth-order valence-electron chi connectivity index (χ4n) is 3.32. The van der Waals surface area contributed by atoms with E-state index in [4.69, 9.17) is 0 Å². The summed E-state index contributed by atoms with van der Waals surface area (Å²) in [4.78, 5) is 19.5. The first kappa shape index (κ1) is 16.5. The summed E-state index contributed by atoms with van der Waals surface area (Å²) in [7, 11) is 0. The molecule has 1 unspecified atom stereocenters. The van der Waals surface area contributed by atoms with E-state index in [0.717, 1.165) is 55.7 Å². The Morgan fingerprint density at radius 2 is 2.04 bits per heavy atom. The monoisotopic (exact) mass is 323 g/mol. The van der Waals surface area contributed by atoms with Crippen LogP contribution in [0.25, 0.3) is 0 Å². The topological polar surface area (TPSA) is 45.2 Å². The van der Waals surface area contributed by atoms with Crippen LogP contribution in [0.2, 0.25) is 0 Å². The first-order valence-corrected chi connectivity index (χ1v) is 8.86. The predicted molar refractivity (Wildman–Crippen MR) is 97.1 cm³/mol. The Morgan fingerprint density at radius 1 is 1.21 bits per heavy atom. The molecular weight excluding hydrogens is 298 g/mol. The lowest BCUT2D eigenvalue weighted by atomic mass is 9.94. The first-order valence-electron chi connectivity index (χ1n) is 8.86. The molecule has 3 rings (SSSR count). The smallest absolute Gasteiger partial charge is 0.254 e. The molecule has 1 aromatic carbocycles. The molecule has 0 radical (unpaired) electrons. The summed E-state index contributed by atoms with van der Waals surface area (Å²) in [6.07, 6.45) is 6.06. The SMILES string of the molecule is CCCNc1ncccc1C1CCCCN1C(=O)c1ccccc1. The molecule has 1 aliphatic rings. The van der Waals surface area contributed by atoms with Gasteiger partial charge in [0.15, 0.2) is 0 Å². The number of likely N-dealkylation sites (tertiary alicyclic amines) is 1. The molecule has 1 amide bonds. The number of hydrogen-bond acceptors (Lipinski definition) is 3. The van der Waals surface area contributed by atoms with Crippen LogP contribution in [0.15, 0.2) is 48.7 Å². The molecule has 1 fully saturated rings. The minimum absolute atomic E-state index is 0.0968. The Balaban J connectivity index is 1.89. The largest absolute Gasteiger partial charge is 0.370 e. The van der Waals surface area contributed by atoms with Gasteiger partial charge in [0, 0.05) is 30.4 Å². The molecule has 0 aliphatic carbocycles. The van der Waals surface area contributed by atoms with E-state index in [1.54, 1.807) is 0 Å². The normalized spacial score (nSPS) is 17.5. The van der Waals surface area contributed by atoms with Gasteiger partial charge in [-0.15, -0.1) is 0 Å². The summed E-state index contributed by atoms with van der Waals surface area (Å²) in [6.45, 7) is 3.84. The van der Waals surface area contributed by atoms with Gasteiger partial charge < -0.3 is 10.2 Å². The minimum atomic E-state index is 0.0968. The minimum Gasteiger partial charge on any atom is -0.370 e. The molecule has 1 atom stereocenters. The number of anilines is 1. The molecule has 4 heteroatoms. The number of piperidine rings is 1. The van der Waals surface area contributed by atoms with E-state index in [-0.39, 0.29) is 11.9 Å². The summed E-state index contributed by atoms with van der Waals surface area (Å²) < 4.78 is 0. The van der Waals surface area contributed by atoms with Gasteiger partial charge in [-0.2, -0.15) is 0 Å². The molecule has 126 valence electrons. The third-order valence-electron chi connectivity index (χ3n) is 4.52. The molecule has 1 aliphatic heterocycles. The molecule has 2 aromatic rings. The van der Waals surface area contributed by atoms with E-state index in [1.165, 1.54) is 0 Å². The van der Waals surface area contributed by atoms with Crippen LogP contribution >= 0.6 is 0 Å². The van der Waals surface area contributed by atoms with Crippen LogP contribution in [0.5, 0.6) is 0 Å². The van der Waals surface area contributed by atoms with Crippen molar-refractivity contribution in [3.8, 4) is 0 Å². The zero-order valence-corrected chi connectivity index (χ0v) is 14.2. The maximum Gasteiger partial charge on any atom is 0.254 e. The Hall–Kier alpha value is -2.36. The van der Waals surface area contributed by atoms with Gasteiger partial charge in [0.25, 0.3) is 5.91 Å². The second-order valence-electron chi connectivity index (χ2n) is 6.24. The second-order valence-corrected chi connectivity index (χ2v) is 6.24. The molecule has 0 saturated carbocycles. The summed E-state index contributed by atoms with van der Waals surface area (Å²) in [5.41, 5.74) is 1.89. The van der Waals surface area contributed by atoms with Crippen LogP contribution in [-0.2, 0) is 0 Å². The average molecular weight is 323 g/mol. The first-order chi connectivity index (χ1) is 11.8. The van der Waals surface area contributed by atoms with Crippen molar-refractivity contribution in [3.63, 3.8) is 0 Å². The quantitative estimate of drug-likeness (QED) is 0.893. The second kappa shape index (κ2) is 7.95. The van der Waals surface area contributed by atoms with Gasteiger partial charge in [0.2, 0.25) is 0 Å². The number of rotatable bonds is 5. The number of hydrogen-bond donors (Lipinski definition) is 1. The van der Waals surface area contributed by atoms with Crippen LogP contribution in [-0.4, -0.2) is 28.9 Å². The van der Waals surface area contributed by atoms with Gasteiger partial charge in [-0.25, -0.2) is 4.98 Å². The highest BCUT2D eigenvalue weighted by Gasteiger charge is 2.30. The van der Waals surface area contributed by atoms with Crippen molar-refractivity contribution < 1.29 is 4.79 Å². The van der Waals surface area contributed by atoms with E-state index in [2.05, 4.69) is 23.3 Å². The molecular formula is C20H25N3O. The van der Waals surface area contributed by atoms with Gasteiger partial charge in [-0.3, -0.25) is 4.79 Å². The standard InChI is InChI=1S/C20H25N3O/c1-2-13-21-19-17(11-8-14-22-19)18-12-6-7-15-23(18)20(24)16-9-4-3-5-10-16/h3-5,8-11,14,18H,2,6-7,12-13,15H2,1H3,(H,21,22). The Morgan fingerprint density at radius 3 is 2.83 bits per heavy atom. The fourth-order valence-corrected chi connectivity index (χ4v) is 3.32. The highest BCUT2D eigenvalue weighted by Crippen LogP contribution is 2.35. The number of carbonyl (C=O) groups is 1. The number of amides is 1. The number of nitrogens with one attached hydrogen (secondary N) is 1. The van der Waals surface area contributed by atoms with Crippen molar-refractivity contribution in [2.45, 2.75) is 38.6 Å². The van der Waals surface area contributed by atoms with Crippen LogP contribution in [0.4, 0.5) is 5.82 Å². The predicted octanol–water partition coefficient (Wildman–Crippen LogP) is 4.27. The van der Waals surface area contributed by atoms with Gasteiger partial charge in [-0.1, -0.05) is 31.2 Å². The molecule has 24 heavy (non-hydrogen) atoms. The van der Waals surface area contributed by atoms with Crippen molar-refractivity contribution in [1.82, 2.24) is 9.88 Å². The van der Waals surface area contributed by atoms with Gasteiger partial charge in [0.1, 0.15) is 5.82 Å². The van der Waals surface area contributed by atoms with Crippen LogP contribution in [0, 0.1) is 0 Å². The lowest BCUT2D eigenvalue weighted by molar-refractivity contribution is 0.0612. The molecule has 1 saturated heterocycles. The van der Waals surface area contributed by atoms with Gasteiger partial charge in [-0.05, 0) is 43.9 Å². The summed E-state index contributed by atoms with van der Waals surface area (Å²) >= 11 is 0. The van der Waals surface area contributed by atoms with Crippen LogP contribution in [0.1, 0.15) is 54.6 Å². The van der Waals surface area contributed by atoms with E-state index in [0.29, 0.717) is 0 Å². The third kappa shape index (κ3) is 3.58. The highest BCUT2D eigenvalue weighted by atomic mass is 16.2. The number of aromatic nitrogens is 1.